The normalized spacial score (nSPS) is 11.4. The molecule has 0 heterocycles. The van der Waals surface area contributed by atoms with E-state index >= 15 is 0 Å². The quantitative estimate of drug-likeness (QED) is 0.610. The lowest BCUT2D eigenvalue weighted by molar-refractivity contribution is 0.107. The Morgan fingerprint density at radius 3 is 1.67 bits per heavy atom. The van der Waals surface area contributed by atoms with Gasteiger partial charge in [-0.2, -0.15) is 0 Å². The van der Waals surface area contributed by atoms with Crippen molar-refractivity contribution in [1.82, 2.24) is 0 Å². The molecule has 1 aromatic carbocycles. The number of hydrogen-bond donors (Lipinski definition) is 0. The molecule has 0 N–H and O–H groups in total. The second kappa shape index (κ2) is 5.64. The predicted octanol–water partition coefficient (Wildman–Crippen LogP) is 4.46. The van der Waals surface area contributed by atoms with Crippen LogP contribution in [0.5, 0.6) is 0 Å². The molecule has 18 heavy (non-hydrogen) atoms. The Bertz CT molecular complexity index is 469. The highest BCUT2D eigenvalue weighted by Crippen LogP contribution is 2.33. The van der Waals surface area contributed by atoms with Gasteiger partial charge in [-0.3, -0.25) is 9.59 Å². The van der Waals surface area contributed by atoms with Crippen LogP contribution in [-0.2, 0) is 5.41 Å². The van der Waals surface area contributed by atoms with Crippen molar-refractivity contribution in [3.05, 3.63) is 28.8 Å². The van der Waals surface area contributed by atoms with E-state index in [-0.39, 0.29) is 5.41 Å². The van der Waals surface area contributed by atoms with Crippen LogP contribution in [0, 0.1) is 0 Å². The van der Waals surface area contributed by atoms with Crippen LogP contribution in [0.4, 0.5) is 0 Å². The largest absolute Gasteiger partial charge is 0.276 e. The minimum atomic E-state index is -0.579. The average Bonchev–Trinajstić information content (AvgIpc) is 2.25. The molecular weight excluding hydrogens is 291 g/mol. The molecule has 0 unspecified atom stereocenters. The number of carbonyl (C=O) groups is 2. The standard InChI is InChI=1S/C13H14Cl2O2S/c1-13(2,3)7-5-8(11(14)16)10(18-4)9(6-7)12(15)17/h5-6H,1-4H3. The van der Waals surface area contributed by atoms with Gasteiger partial charge in [-0.15, -0.1) is 11.8 Å². The van der Waals surface area contributed by atoms with Crippen LogP contribution in [0.1, 0.15) is 47.1 Å². The molecule has 0 radical (unpaired) electrons. The van der Waals surface area contributed by atoms with E-state index in [0.717, 1.165) is 5.56 Å². The molecule has 0 atom stereocenters. The summed E-state index contributed by atoms with van der Waals surface area (Å²) in [6.45, 7) is 5.98. The molecule has 5 heteroatoms. The zero-order valence-corrected chi connectivity index (χ0v) is 13.0. The van der Waals surface area contributed by atoms with Gasteiger partial charge in [-0.1, -0.05) is 20.8 Å². The van der Waals surface area contributed by atoms with E-state index in [1.54, 1.807) is 18.4 Å². The fraction of sp³-hybridized carbons (Fsp3) is 0.385. The van der Waals surface area contributed by atoms with Crippen LogP contribution >= 0.6 is 35.0 Å². The number of benzene rings is 1. The molecule has 0 aromatic heterocycles. The summed E-state index contributed by atoms with van der Waals surface area (Å²) in [7, 11) is 0. The van der Waals surface area contributed by atoms with Crippen LogP contribution in [0.3, 0.4) is 0 Å². The van der Waals surface area contributed by atoms with Gasteiger partial charge in [0.1, 0.15) is 0 Å². The van der Waals surface area contributed by atoms with Crippen LogP contribution in [-0.4, -0.2) is 16.7 Å². The van der Waals surface area contributed by atoms with E-state index in [1.807, 2.05) is 20.8 Å². The second-order valence-corrected chi connectivity index (χ2v) is 6.41. The van der Waals surface area contributed by atoms with Crippen molar-refractivity contribution in [2.75, 3.05) is 6.26 Å². The Morgan fingerprint density at radius 2 is 1.44 bits per heavy atom. The van der Waals surface area contributed by atoms with Crippen molar-refractivity contribution in [2.45, 2.75) is 31.1 Å². The molecule has 1 aromatic rings. The zero-order valence-electron chi connectivity index (χ0n) is 10.6. The highest BCUT2D eigenvalue weighted by atomic mass is 35.5. The third kappa shape index (κ3) is 3.28. The van der Waals surface area contributed by atoms with Gasteiger partial charge in [-0.25, -0.2) is 0 Å². The number of halogens is 2. The SMILES string of the molecule is CSc1c(C(=O)Cl)cc(C(C)(C)C)cc1C(=O)Cl. The van der Waals surface area contributed by atoms with E-state index in [0.29, 0.717) is 16.0 Å². The van der Waals surface area contributed by atoms with Gasteiger partial charge in [0.25, 0.3) is 10.5 Å². The maximum Gasteiger partial charge on any atom is 0.253 e. The van der Waals surface area contributed by atoms with Gasteiger partial charge in [0.15, 0.2) is 0 Å². The fourth-order valence-corrected chi connectivity index (χ4v) is 2.73. The molecule has 0 amide bonds. The first kappa shape index (κ1) is 15.5. The highest BCUT2D eigenvalue weighted by Gasteiger charge is 2.23. The van der Waals surface area contributed by atoms with E-state index < -0.39 is 10.5 Å². The lowest BCUT2D eigenvalue weighted by Crippen LogP contribution is -2.14. The van der Waals surface area contributed by atoms with Crippen molar-refractivity contribution >= 4 is 45.4 Å². The van der Waals surface area contributed by atoms with E-state index in [4.69, 9.17) is 23.2 Å². The van der Waals surface area contributed by atoms with Gasteiger partial charge in [-0.05, 0) is 52.6 Å². The summed E-state index contributed by atoms with van der Waals surface area (Å²) >= 11 is 12.4. The fourth-order valence-electron chi connectivity index (χ4n) is 1.57. The van der Waals surface area contributed by atoms with Gasteiger partial charge in [0, 0.05) is 16.0 Å². The van der Waals surface area contributed by atoms with Crippen LogP contribution in [0.25, 0.3) is 0 Å². The Balaban J connectivity index is 3.65. The predicted molar refractivity (Wildman–Crippen MR) is 77.3 cm³/mol. The lowest BCUT2D eigenvalue weighted by atomic mass is 9.85. The molecule has 0 bridgehead atoms. The summed E-state index contributed by atoms with van der Waals surface area (Å²) in [5, 5.41) is -1.16. The average molecular weight is 305 g/mol. The minimum Gasteiger partial charge on any atom is -0.276 e. The van der Waals surface area contributed by atoms with E-state index in [1.165, 1.54) is 11.8 Å². The van der Waals surface area contributed by atoms with Crippen molar-refractivity contribution in [2.24, 2.45) is 0 Å². The van der Waals surface area contributed by atoms with Crippen LogP contribution in [0.15, 0.2) is 17.0 Å². The molecule has 0 spiro atoms. The Labute approximate surface area is 121 Å². The Hall–Kier alpha value is -0.510. The topological polar surface area (TPSA) is 34.1 Å². The summed E-state index contributed by atoms with van der Waals surface area (Å²) in [4.78, 5) is 23.5. The Kier molecular flexibility index (Phi) is 4.87. The van der Waals surface area contributed by atoms with Crippen molar-refractivity contribution in [3.63, 3.8) is 0 Å². The van der Waals surface area contributed by atoms with Gasteiger partial charge >= 0.3 is 0 Å². The molecule has 98 valence electrons. The maximum atomic E-state index is 11.5. The minimum absolute atomic E-state index is 0.195. The summed E-state index contributed by atoms with van der Waals surface area (Å²) < 4.78 is 0. The first-order valence-electron chi connectivity index (χ1n) is 5.30. The van der Waals surface area contributed by atoms with Gasteiger partial charge < -0.3 is 0 Å². The number of thioether (sulfide) groups is 1. The van der Waals surface area contributed by atoms with Crippen molar-refractivity contribution in [3.8, 4) is 0 Å². The molecule has 0 fully saturated rings. The lowest BCUT2D eigenvalue weighted by Gasteiger charge is -2.21. The van der Waals surface area contributed by atoms with Gasteiger partial charge in [0.05, 0.1) is 0 Å². The van der Waals surface area contributed by atoms with Crippen LogP contribution < -0.4 is 0 Å². The molecule has 0 saturated heterocycles. The molecule has 0 aliphatic carbocycles. The van der Waals surface area contributed by atoms with Crippen LogP contribution in [0.2, 0.25) is 0 Å². The summed E-state index contributed by atoms with van der Waals surface area (Å²) in [6, 6.07) is 3.45. The maximum absolute atomic E-state index is 11.5. The molecule has 1 rings (SSSR count). The smallest absolute Gasteiger partial charge is 0.253 e. The molecular formula is C13H14Cl2O2S. The zero-order chi connectivity index (χ0) is 14.1. The summed E-state index contributed by atoms with van der Waals surface area (Å²) in [6.07, 6.45) is 1.78. The number of rotatable bonds is 3. The Morgan fingerprint density at radius 1 is 1.06 bits per heavy atom. The summed E-state index contributed by atoms with van der Waals surface area (Å²) in [5.41, 5.74) is 1.33. The number of carbonyl (C=O) groups excluding carboxylic acids is 2. The third-order valence-corrected chi connectivity index (χ3v) is 3.84. The molecule has 0 saturated carbocycles. The first-order chi connectivity index (χ1) is 8.18. The second-order valence-electron chi connectivity index (χ2n) is 4.90. The van der Waals surface area contributed by atoms with Crippen molar-refractivity contribution < 1.29 is 9.59 Å². The van der Waals surface area contributed by atoms with E-state index in [2.05, 4.69) is 0 Å². The molecule has 0 aliphatic rings. The van der Waals surface area contributed by atoms with E-state index in [9.17, 15) is 9.59 Å². The first-order valence-corrected chi connectivity index (χ1v) is 7.28. The number of hydrogen-bond acceptors (Lipinski definition) is 3. The highest BCUT2D eigenvalue weighted by molar-refractivity contribution is 7.98. The summed E-state index contributed by atoms with van der Waals surface area (Å²) in [5.74, 6) is 0. The van der Waals surface area contributed by atoms with Crippen molar-refractivity contribution in [1.29, 1.82) is 0 Å². The monoisotopic (exact) mass is 304 g/mol. The molecule has 2 nitrogen and oxygen atoms in total. The third-order valence-electron chi connectivity index (χ3n) is 2.58. The molecule has 0 aliphatic heterocycles. The van der Waals surface area contributed by atoms with Gasteiger partial charge in [0.2, 0.25) is 0 Å².